The first-order valence-corrected chi connectivity index (χ1v) is 10.6. The molecule has 1 aliphatic carbocycles. The summed E-state index contributed by atoms with van der Waals surface area (Å²) in [5.41, 5.74) is 1.21. The number of rotatable bonds is 7. The fraction of sp³-hybridized carbons (Fsp3) is 0.478. The SMILES string of the molecule is CC.Cn1cc(-c2ccc(F)cc2)nc1/C(F)=C\N(C=O)[C@@H]1CCC(CC2CC2)O1. The van der Waals surface area contributed by atoms with E-state index in [-0.39, 0.29) is 17.7 Å². The molecule has 0 bridgehead atoms. The van der Waals surface area contributed by atoms with Gasteiger partial charge in [0.15, 0.2) is 11.7 Å². The van der Waals surface area contributed by atoms with Gasteiger partial charge < -0.3 is 9.30 Å². The van der Waals surface area contributed by atoms with E-state index < -0.39 is 12.1 Å². The molecule has 30 heavy (non-hydrogen) atoms. The summed E-state index contributed by atoms with van der Waals surface area (Å²) in [6.45, 7) is 4.00. The maximum atomic E-state index is 14.9. The van der Waals surface area contributed by atoms with Crippen molar-refractivity contribution in [3.05, 3.63) is 48.3 Å². The molecule has 2 aliphatic rings. The predicted molar refractivity (Wildman–Crippen MR) is 112 cm³/mol. The molecule has 1 amide bonds. The van der Waals surface area contributed by atoms with E-state index in [4.69, 9.17) is 4.74 Å². The molecule has 1 saturated carbocycles. The lowest BCUT2D eigenvalue weighted by Gasteiger charge is -2.21. The van der Waals surface area contributed by atoms with E-state index in [2.05, 4.69) is 4.98 Å². The van der Waals surface area contributed by atoms with Gasteiger partial charge in [0.05, 0.1) is 11.8 Å². The Balaban J connectivity index is 0.00000124. The molecular weight excluding hydrogens is 388 g/mol. The van der Waals surface area contributed by atoms with Crippen molar-refractivity contribution in [2.45, 2.75) is 58.3 Å². The summed E-state index contributed by atoms with van der Waals surface area (Å²) in [6, 6.07) is 5.85. The van der Waals surface area contributed by atoms with E-state index in [1.54, 1.807) is 29.9 Å². The van der Waals surface area contributed by atoms with Gasteiger partial charge in [-0.25, -0.2) is 13.8 Å². The fourth-order valence-electron chi connectivity index (χ4n) is 3.62. The van der Waals surface area contributed by atoms with Crippen LogP contribution < -0.4 is 0 Å². The molecule has 2 fully saturated rings. The van der Waals surface area contributed by atoms with Crippen molar-refractivity contribution in [1.29, 1.82) is 0 Å². The van der Waals surface area contributed by atoms with Crippen molar-refractivity contribution in [3.8, 4) is 11.3 Å². The number of carbonyl (C=O) groups is 1. The van der Waals surface area contributed by atoms with Crippen LogP contribution in [0.3, 0.4) is 0 Å². The van der Waals surface area contributed by atoms with E-state index in [0.717, 1.165) is 25.0 Å². The second kappa shape index (κ2) is 9.98. The average Bonchev–Trinajstić information content (AvgIpc) is 3.30. The van der Waals surface area contributed by atoms with Crippen molar-refractivity contribution in [3.63, 3.8) is 0 Å². The van der Waals surface area contributed by atoms with Crippen LogP contribution in [0, 0.1) is 11.7 Å². The Morgan fingerprint density at radius 3 is 2.57 bits per heavy atom. The van der Waals surface area contributed by atoms with Crippen LogP contribution in [0.15, 0.2) is 36.7 Å². The Morgan fingerprint density at radius 2 is 1.93 bits per heavy atom. The third-order valence-corrected chi connectivity index (χ3v) is 5.32. The number of hydrogen-bond acceptors (Lipinski definition) is 3. The molecule has 1 aromatic carbocycles. The standard InChI is InChI=1S/C21H23F2N3O2.C2H6/c1-25-12-19(15-4-6-16(22)7-5-15)24-21(25)18(23)11-26(13-27)20-9-8-17(28-20)10-14-2-3-14;1-2/h4-7,11-14,17,20H,2-3,8-10H2,1H3;1-2H3/b18-11+;/t17?,20-;/m0./s1. The van der Waals surface area contributed by atoms with Gasteiger partial charge in [0.25, 0.3) is 0 Å². The van der Waals surface area contributed by atoms with Crippen LogP contribution in [0.2, 0.25) is 0 Å². The molecule has 2 atom stereocenters. The Morgan fingerprint density at radius 1 is 1.23 bits per heavy atom. The van der Waals surface area contributed by atoms with E-state index in [9.17, 15) is 13.6 Å². The highest BCUT2D eigenvalue weighted by molar-refractivity contribution is 5.64. The summed E-state index contributed by atoms with van der Waals surface area (Å²) in [6.07, 6.45) is 8.23. The van der Waals surface area contributed by atoms with Gasteiger partial charge in [0.1, 0.15) is 12.0 Å². The van der Waals surface area contributed by atoms with Crippen molar-refractivity contribution >= 4 is 12.2 Å². The lowest BCUT2D eigenvalue weighted by atomic mass is 10.1. The van der Waals surface area contributed by atoms with Crippen LogP contribution in [0.4, 0.5) is 8.78 Å². The minimum absolute atomic E-state index is 0.0960. The number of benzene rings is 1. The summed E-state index contributed by atoms with van der Waals surface area (Å²) < 4.78 is 35.4. The number of nitrogens with zero attached hydrogens (tertiary/aromatic N) is 3. The molecule has 2 heterocycles. The van der Waals surface area contributed by atoms with E-state index in [0.29, 0.717) is 24.1 Å². The Labute approximate surface area is 176 Å². The number of amides is 1. The van der Waals surface area contributed by atoms with Gasteiger partial charge in [0, 0.05) is 25.0 Å². The first-order chi connectivity index (χ1) is 14.5. The Hall–Kier alpha value is -2.54. The number of aromatic nitrogens is 2. The zero-order valence-corrected chi connectivity index (χ0v) is 17.7. The van der Waals surface area contributed by atoms with Gasteiger partial charge in [0.2, 0.25) is 6.41 Å². The smallest absolute Gasteiger partial charge is 0.215 e. The number of halogens is 2. The summed E-state index contributed by atoms with van der Waals surface area (Å²) in [5, 5.41) is 0. The average molecular weight is 418 g/mol. The van der Waals surface area contributed by atoms with Gasteiger partial charge in [-0.05, 0) is 49.4 Å². The predicted octanol–water partition coefficient (Wildman–Crippen LogP) is 5.28. The molecule has 1 aromatic heterocycles. The third-order valence-electron chi connectivity index (χ3n) is 5.32. The number of imidazole rings is 1. The first-order valence-electron chi connectivity index (χ1n) is 10.6. The molecule has 1 saturated heterocycles. The zero-order valence-electron chi connectivity index (χ0n) is 17.7. The highest BCUT2D eigenvalue weighted by Gasteiger charge is 2.33. The van der Waals surface area contributed by atoms with E-state index >= 15 is 0 Å². The highest BCUT2D eigenvalue weighted by atomic mass is 19.1. The number of carbonyl (C=O) groups excluding carboxylic acids is 1. The third kappa shape index (κ3) is 5.33. The topological polar surface area (TPSA) is 47.4 Å². The van der Waals surface area contributed by atoms with Gasteiger partial charge in [-0.3, -0.25) is 9.69 Å². The van der Waals surface area contributed by atoms with Crippen LogP contribution in [0.1, 0.15) is 51.8 Å². The van der Waals surface area contributed by atoms with Crippen molar-refractivity contribution in [2.24, 2.45) is 13.0 Å². The maximum Gasteiger partial charge on any atom is 0.215 e. The maximum absolute atomic E-state index is 14.9. The molecule has 162 valence electrons. The van der Waals surface area contributed by atoms with Gasteiger partial charge in [-0.15, -0.1) is 0 Å². The van der Waals surface area contributed by atoms with Crippen molar-refractivity contribution in [2.75, 3.05) is 0 Å². The molecular formula is C23H29F2N3O2. The minimum atomic E-state index is -0.628. The second-order valence-electron chi connectivity index (χ2n) is 7.57. The van der Waals surface area contributed by atoms with Crippen LogP contribution in [-0.2, 0) is 16.6 Å². The molecule has 4 rings (SSSR count). The minimum Gasteiger partial charge on any atom is -0.355 e. The Bertz CT molecular complexity index is 875. The van der Waals surface area contributed by atoms with Crippen molar-refractivity contribution in [1.82, 2.24) is 14.5 Å². The van der Waals surface area contributed by atoms with Crippen LogP contribution in [0.25, 0.3) is 17.1 Å². The van der Waals surface area contributed by atoms with Crippen LogP contribution in [0.5, 0.6) is 0 Å². The summed E-state index contributed by atoms with van der Waals surface area (Å²) in [7, 11) is 1.67. The molecule has 0 N–H and O–H groups in total. The van der Waals surface area contributed by atoms with Crippen LogP contribution >= 0.6 is 0 Å². The van der Waals surface area contributed by atoms with E-state index in [1.165, 1.54) is 29.9 Å². The normalized spacial score (nSPS) is 21.2. The highest BCUT2D eigenvalue weighted by Crippen LogP contribution is 2.38. The van der Waals surface area contributed by atoms with Gasteiger partial charge in [-0.2, -0.15) is 0 Å². The largest absolute Gasteiger partial charge is 0.355 e. The lowest BCUT2D eigenvalue weighted by molar-refractivity contribution is -0.126. The first kappa shape index (κ1) is 22.2. The second-order valence-corrected chi connectivity index (χ2v) is 7.57. The molecule has 1 unspecified atom stereocenters. The number of hydrogen-bond donors (Lipinski definition) is 0. The molecule has 2 aromatic rings. The fourth-order valence-corrected chi connectivity index (χ4v) is 3.62. The molecule has 7 heteroatoms. The monoisotopic (exact) mass is 417 g/mol. The van der Waals surface area contributed by atoms with Crippen molar-refractivity contribution < 1.29 is 18.3 Å². The summed E-state index contributed by atoms with van der Waals surface area (Å²) in [4.78, 5) is 17.1. The van der Waals surface area contributed by atoms with E-state index in [1.807, 2.05) is 13.8 Å². The quantitative estimate of drug-likeness (QED) is 0.576. The molecule has 0 spiro atoms. The molecule has 0 radical (unpaired) electrons. The Kier molecular flexibility index (Phi) is 7.37. The van der Waals surface area contributed by atoms with Gasteiger partial charge in [-0.1, -0.05) is 26.7 Å². The number of aryl methyl sites for hydroxylation is 1. The zero-order chi connectivity index (χ0) is 21.7. The molecule has 1 aliphatic heterocycles. The summed E-state index contributed by atoms with van der Waals surface area (Å²) in [5.74, 6) is -0.127. The lowest BCUT2D eigenvalue weighted by Crippen LogP contribution is -2.30. The number of ether oxygens (including phenoxy) is 1. The summed E-state index contributed by atoms with van der Waals surface area (Å²) >= 11 is 0. The van der Waals surface area contributed by atoms with Crippen LogP contribution in [-0.4, -0.2) is 33.2 Å². The molecule has 5 nitrogen and oxygen atoms in total. The van der Waals surface area contributed by atoms with Gasteiger partial charge >= 0.3 is 0 Å².